The summed E-state index contributed by atoms with van der Waals surface area (Å²) in [6, 6.07) is 5.23. The van der Waals surface area contributed by atoms with E-state index < -0.39 is 0 Å². The van der Waals surface area contributed by atoms with Gasteiger partial charge in [0.2, 0.25) is 0 Å². The van der Waals surface area contributed by atoms with E-state index in [-0.39, 0.29) is 5.91 Å². The minimum absolute atomic E-state index is 0.139. The molecule has 0 unspecified atom stereocenters. The number of nitrogens with one attached hydrogen (secondary N) is 1. The Morgan fingerprint density at radius 1 is 1.17 bits per heavy atom. The molecule has 0 saturated carbocycles. The van der Waals surface area contributed by atoms with Crippen LogP contribution in [0.2, 0.25) is 0 Å². The van der Waals surface area contributed by atoms with E-state index in [2.05, 4.69) is 10.3 Å². The molecule has 0 aliphatic rings. The Hall–Kier alpha value is -2.08. The van der Waals surface area contributed by atoms with Crippen LogP contribution in [0.3, 0.4) is 0 Å². The highest BCUT2D eigenvalue weighted by atomic mass is 32.1. The Morgan fingerprint density at radius 3 is 2.48 bits per heavy atom. The van der Waals surface area contributed by atoms with E-state index in [1.165, 1.54) is 0 Å². The largest absolute Gasteiger partial charge is 0.490 e. The van der Waals surface area contributed by atoms with Gasteiger partial charge < -0.3 is 14.8 Å². The Kier molecular flexibility index (Phi) is 5.98. The Labute approximate surface area is 140 Å². The number of amides is 1. The third-order valence-electron chi connectivity index (χ3n) is 3.21. The highest BCUT2D eigenvalue weighted by molar-refractivity contribution is 7.11. The lowest BCUT2D eigenvalue weighted by Gasteiger charge is -2.12. The fraction of sp³-hybridized carbons (Fsp3) is 0.412. The van der Waals surface area contributed by atoms with Crippen LogP contribution in [0, 0.1) is 13.8 Å². The molecule has 1 aromatic heterocycles. The number of aromatic nitrogens is 1. The molecule has 0 radical (unpaired) electrons. The molecule has 1 heterocycles. The van der Waals surface area contributed by atoms with Crippen LogP contribution in [0.25, 0.3) is 0 Å². The maximum atomic E-state index is 12.3. The molecule has 1 aromatic carbocycles. The molecule has 124 valence electrons. The van der Waals surface area contributed by atoms with Crippen molar-refractivity contribution in [2.75, 3.05) is 13.2 Å². The number of benzene rings is 1. The SMILES string of the molecule is CCOc1ccc(C(=O)NCc2sc(C)nc2C)cc1OCC. The lowest BCUT2D eigenvalue weighted by atomic mass is 10.2. The second-order valence-corrected chi connectivity index (χ2v) is 6.24. The van der Waals surface area contributed by atoms with Gasteiger partial charge in [-0.25, -0.2) is 4.98 Å². The van der Waals surface area contributed by atoms with Gasteiger partial charge in [-0.05, 0) is 45.9 Å². The van der Waals surface area contributed by atoms with E-state index >= 15 is 0 Å². The Bertz CT molecular complexity index is 682. The van der Waals surface area contributed by atoms with Crippen molar-refractivity contribution in [3.63, 3.8) is 0 Å². The number of carbonyl (C=O) groups excluding carboxylic acids is 1. The summed E-state index contributed by atoms with van der Waals surface area (Å²) < 4.78 is 11.1. The molecule has 0 spiro atoms. The predicted molar refractivity (Wildman–Crippen MR) is 91.5 cm³/mol. The summed E-state index contributed by atoms with van der Waals surface area (Å²) in [5.41, 5.74) is 1.52. The molecular formula is C17H22N2O3S. The first-order valence-corrected chi connectivity index (χ1v) is 8.47. The van der Waals surface area contributed by atoms with Crippen LogP contribution in [-0.4, -0.2) is 24.1 Å². The number of rotatable bonds is 7. The van der Waals surface area contributed by atoms with Crippen LogP contribution >= 0.6 is 11.3 Å². The first kappa shape index (κ1) is 17.3. The topological polar surface area (TPSA) is 60.5 Å². The number of carbonyl (C=O) groups is 1. The molecule has 2 rings (SSSR count). The summed E-state index contributed by atoms with van der Waals surface area (Å²) in [4.78, 5) is 17.8. The molecule has 0 fully saturated rings. The van der Waals surface area contributed by atoms with Crippen molar-refractivity contribution in [1.82, 2.24) is 10.3 Å². The molecule has 0 bridgehead atoms. The van der Waals surface area contributed by atoms with Crippen LogP contribution in [-0.2, 0) is 6.54 Å². The van der Waals surface area contributed by atoms with Crippen LogP contribution in [0.15, 0.2) is 18.2 Å². The molecule has 2 aromatic rings. The van der Waals surface area contributed by atoms with Gasteiger partial charge >= 0.3 is 0 Å². The molecule has 1 N–H and O–H groups in total. The van der Waals surface area contributed by atoms with Gasteiger partial charge in [0.15, 0.2) is 11.5 Å². The molecular weight excluding hydrogens is 312 g/mol. The standard InChI is InChI=1S/C17H22N2O3S/c1-5-21-14-8-7-13(9-15(14)22-6-2)17(20)18-10-16-11(3)19-12(4)23-16/h7-9H,5-6,10H2,1-4H3,(H,18,20). The first-order chi connectivity index (χ1) is 11.0. The number of nitrogens with zero attached hydrogens (tertiary/aromatic N) is 1. The summed E-state index contributed by atoms with van der Waals surface area (Å²) in [5.74, 6) is 1.10. The van der Waals surface area contributed by atoms with E-state index in [1.54, 1.807) is 29.5 Å². The highest BCUT2D eigenvalue weighted by Gasteiger charge is 2.12. The van der Waals surface area contributed by atoms with Crippen molar-refractivity contribution in [3.05, 3.63) is 39.3 Å². The van der Waals surface area contributed by atoms with Crippen LogP contribution in [0.1, 0.15) is 39.8 Å². The monoisotopic (exact) mass is 334 g/mol. The van der Waals surface area contributed by atoms with Gasteiger partial charge in [0.25, 0.3) is 5.91 Å². The molecule has 0 aliphatic heterocycles. The molecule has 23 heavy (non-hydrogen) atoms. The lowest BCUT2D eigenvalue weighted by molar-refractivity contribution is 0.0950. The van der Waals surface area contributed by atoms with Crippen molar-refractivity contribution in [1.29, 1.82) is 0 Å². The van der Waals surface area contributed by atoms with Crippen LogP contribution < -0.4 is 14.8 Å². The summed E-state index contributed by atoms with van der Waals surface area (Å²) in [7, 11) is 0. The van der Waals surface area contributed by atoms with Gasteiger partial charge in [0.05, 0.1) is 30.5 Å². The molecule has 6 heteroatoms. The fourth-order valence-corrected chi connectivity index (χ4v) is 3.07. The third kappa shape index (κ3) is 4.45. The quantitative estimate of drug-likeness (QED) is 0.842. The third-order valence-corrected chi connectivity index (χ3v) is 4.29. The number of ether oxygens (including phenoxy) is 2. The van der Waals surface area contributed by atoms with Gasteiger partial charge in [0, 0.05) is 10.4 Å². The average molecular weight is 334 g/mol. The minimum Gasteiger partial charge on any atom is -0.490 e. The Morgan fingerprint density at radius 2 is 1.87 bits per heavy atom. The van der Waals surface area contributed by atoms with Crippen molar-refractivity contribution >= 4 is 17.2 Å². The van der Waals surface area contributed by atoms with Gasteiger partial charge in [0.1, 0.15) is 0 Å². The molecule has 0 saturated heterocycles. The van der Waals surface area contributed by atoms with Crippen molar-refractivity contribution < 1.29 is 14.3 Å². The zero-order chi connectivity index (χ0) is 16.8. The first-order valence-electron chi connectivity index (χ1n) is 7.65. The molecule has 5 nitrogen and oxygen atoms in total. The summed E-state index contributed by atoms with van der Waals surface area (Å²) in [5, 5.41) is 3.93. The van der Waals surface area contributed by atoms with Crippen LogP contribution in [0.4, 0.5) is 0 Å². The number of aryl methyl sites for hydroxylation is 2. The van der Waals surface area contributed by atoms with E-state index in [9.17, 15) is 4.79 Å². The maximum absolute atomic E-state index is 12.3. The van der Waals surface area contributed by atoms with Gasteiger partial charge in [-0.3, -0.25) is 4.79 Å². The molecule has 0 atom stereocenters. The maximum Gasteiger partial charge on any atom is 0.251 e. The van der Waals surface area contributed by atoms with Crippen molar-refractivity contribution in [3.8, 4) is 11.5 Å². The second kappa shape index (κ2) is 7.97. The average Bonchev–Trinajstić information content (AvgIpc) is 2.85. The van der Waals surface area contributed by atoms with Crippen molar-refractivity contribution in [2.45, 2.75) is 34.2 Å². The van der Waals surface area contributed by atoms with Gasteiger partial charge in [-0.15, -0.1) is 11.3 Å². The van der Waals surface area contributed by atoms with Gasteiger partial charge in [-0.2, -0.15) is 0 Å². The minimum atomic E-state index is -0.139. The van der Waals surface area contributed by atoms with E-state index in [4.69, 9.17) is 9.47 Å². The summed E-state index contributed by atoms with van der Waals surface area (Å²) in [6.45, 7) is 9.28. The van der Waals surface area contributed by atoms with Gasteiger partial charge in [-0.1, -0.05) is 0 Å². The zero-order valence-electron chi connectivity index (χ0n) is 13.9. The molecule has 0 aliphatic carbocycles. The van der Waals surface area contributed by atoms with E-state index in [1.807, 2.05) is 27.7 Å². The van der Waals surface area contributed by atoms with Crippen LogP contribution in [0.5, 0.6) is 11.5 Å². The summed E-state index contributed by atoms with van der Waals surface area (Å²) >= 11 is 1.60. The number of thiazole rings is 1. The number of hydrogen-bond acceptors (Lipinski definition) is 5. The normalized spacial score (nSPS) is 10.4. The summed E-state index contributed by atoms with van der Waals surface area (Å²) in [6.07, 6.45) is 0. The van der Waals surface area contributed by atoms with E-state index in [0.29, 0.717) is 36.8 Å². The zero-order valence-corrected chi connectivity index (χ0v) is 14.8. The smallest absolute Gasteiger partial charge is 0.251 e. The molecule has 1 amide bonds. The predicted octanol–water partition coefficient (Wildman–Crippen LogP) is 3.49. The van der Waals surface area contributed by atoms with E-state index in [0.717, 1.165) is 15.6 Å². The Balaban J connectivity index is 2.09. The van der Waals surface area contributed by atoms with Crippen molar-refractivity contribution in [2.24, 2.45) is 0 Å². The number of hydrogen-bond donors (Lipinski definition) is 1. The highest BCUT2D eigenvalue weighted by Crippen LogP contribution is 2.28. The fourth-order valence-electron chi connectivity index (χ4n) is 2.19. The lowest BCUT2D eigenvalue weighted by Crippen LogP contribution is -2.22. The second-order valence-electron chi connectivity index (χ2n) is 4.95.